The van der Waals surface area contributed by atoms with Crippen molar-refractivity contribution in [2.24, 2.45) is 0 Å². The topological polar surface area (TPSA) is 89.8 Å². The van der Waals surface area contributed by atoms with Gasteiger partial charge in [-0.05, 0) is 6.92 Å². The molecule has 3 heterocycles. The third kappa shape index (κ3) is 3.50. The van der Waals surface area contributed by atoms with Crippen LogP contribution in [0.2, 0.25) is 0 Å². The van der Waals surface area contributed by atoms with Crippen molar-refractivity contribution in [1.82, 2.24) is 24.6 Å². The van der Waals surface area contributed by atoms with E-state index < -0.39 is 5.60 Å². The van der Waals surface area contributed by atoms with Crippen LogP contribution < -0.4 is 0 Å². The highest BCUT2D eigenvalue weighted by Gasteiger charge is 2.43. The molecule has 0 bridgehead atoms. The summed E-state index contributed by atoms with van der Waals surface area (Å²) in [6, 6.07) is 0. The van der Waals surface area contributed by atoms with E-state index in [0.717, 1.165) is 0 Å². The lowest BCUT2D eigenvalue weighted by molar-refractivity contribution is -0.174. The van der Waals surface area contributed by atoms with Gasteiger partial charge in [0, 0.05) is 19.6 Å². The summed E-state index contributed by atoms with van der Waals surface area (Å²) in [5.41, 5.74) is -1.01. The lowest BCUT2D eigenvalue weighted by Gasteiger charge is -2.42. The van der Waals surface area contributed by atoms with Crippen molar-refractivity contribution >= 4 is 11.8 Å². The Labute approximate surface area is 134 Å². The summed E-state index contributed by atoms with van der Waals surface area (Å²) in [5.74, 6) is -0.182. The molecule has 0 saturated carbocycles. The summed E-state index contributed by atoms with van der Waals surface area (Å²) in [6.07, 6.45) is 2.88. The van der Waals surface area contributed by atoms with Gasteiger partial charge in [-0.1, -0.05) is 0 Å². The van der Waals surface area contributed by atoms with Crippen LogP contribution in [0.25, 0.3) is 0 Å². The first kappa shape index (κ1) is 15.9. The van der Waals surface area contributed by atoms with Crippen LogP contribution in [0.15, 0.2) is 12.7 Å². The highest BCUT2D eigenvalue weighted by molar-refractivity contribution is 5.86. The van der Waals surface area contributed by atoms with E-state index in [1.807, 2.05) is 0 Å². The molecule has 1 atom stereocenters. The van der Waals surface area contributed by atoms with Crippen LogP contribution in [-0.2, 0) is 25.6 Å². The molecular formula is C14H21N5O4. The number of aromatic nitrogens is 3. The highest BCUT2D eigenvalue weighted by atomic mass is 16.5. The van der Waals surface area contributed by atoms with E-state index in [2.05, 4.69) is 10.1 Å². The first-order valence-corrected chi connectivity index (χ1v) is 7.70. The van der Waals surface area contributed by atoms with Crippen LogP contribution in [-0.4, -0.2) is 88.0 Å². The predicted molar refractivity (Wildman–Crippen MR) is 78.4 cm³/mol. The highest BCUT2D eigenvalue weighted by Crippen LogP contribution is 2.21. The molecule has 0 N–H and O–H groups in total. The Balaban J connectivity index is 1.64. The summed E-state index contributed by atoms with van der Waals surface area (Å²) in [4.78, 5) is 32.4. The number of morpholine rings is 2. The summed E-state index contributed by atoms with van der Waals surface area (Å²) < 4.78 is 12.5. The van der Waals surface area contributed by atoms with Crippen LogP contribution >= 0.6 is 0 Å². The Bertz CT molecular complexity index is 558. The van der Waals surface area contributed by atoms with Crippen LogP contribution in [0, 0.1) is 0 Å². The van der Waals surface area contributed by atoms with Gasteiger partial charge in [-0.3, -0.25) is 9.59 Å². The van der Waals surface area contributed by atoms with Crippen molar-refractivity contribution in [3.05, 3.63) is 12.7 Å². The van der Waals surface area contributed by atoms with Gasteiger partial charge in [0.05, 0.1) is 26.4 Å². The standard InChI is InChI=1S/C14H21N5O4/c1-14(13(21)17-2-5-22-6-3-17)9-18(4-7-23-14)12(20)8-19-11-15-10-16-19/h10-11H,2-9H2,1H3. The fraction of sp³-hybridized carbons (Fsp3) is 0.714. The molecule has 1 aromatic heterocycles. The van der Waals surface area contributed by atoms with Gasteiger partial charge in [-0.15, -0.1) is 0 Å². The lowest BCUT2D eigenvalue weighted by Crippen LogP contribution is -2.61. The molecule has 2 aliphatic rings. The third-order valence-electron chi connectivity index (χ3n) is 4.14. The first-order chi connectivity index (χ1) is 11.1. The average molecular weight is 323 g/mol. The van der Waals surface area contributed by atoms with E-state index in [1.165, 1.54) is 17.3 Å². The molecule has 2 amide bonds. The minimum absolute atomic E-state index is 0.0842. The molecule has 0 radical (unpaired) electrons. The fourth-order valence-electron chi connectivity index (χ4n) is 2.87. The maximum atomic E-state index is 12.7. The normalized spacial score (nSPS) is 25.4. The summed E-state index contributed by atoms with van der Waals surface area (Å²) in [6.45, 7) is 5.12. The number of hydrogen-bond donors (Lipinski definition) is 0. The van der Waals surface area contributed by atoms with Gasteiger partial charge in [-0.25, -0.2) is 9.67 Å². The fourth-order valence-corrected chi connectivity index (χ4v) is 2.87. The predicted octanol–water partition coefficient (Wildman–Crippen LogP) is -1.25. The van der Waals surface area contributed by atoms with E-state index in [0.29, 0.717) is 39.5 Å². The molecule has 0 aliphatic carbocycles. The maximum absolute atomic E-state index is 12.7. The Morgan fingerprint density at radius 3 is 2.61 bits per heavy atom. The number of rotatable bonds is 3. The molecule has 2 aliphatic heterocycles. The van der Waals surface area contributed by atoms with Gasteiger partial charge in [0.2, 0.25) is 5.91 Å². The third-order valence-corrected chi connectivity index (χ3v) is 4.14. The van der Waals surface area contributed by atoms with Crippen molar-refractivity contribution < 1.29 is 19.1 Å². The summed E-state index contributed by atoms with van der Waals surface area (Å²) >= 11 is 0. The minimum atomic E-state index is -1.01. The second-order valence-electron chi connectivity index (χ2n) is 5.89. The van der Waals surface area contributed by atoms with E-state index in [9.17, 15) is 9.59 Å². The zero-order chi connectivity index (χ0) is 16.3. The van der Waals surface area contributed by atoms with E-state index in [-0.39, 0.29) is 24.9 Å². The van der Waals surface area contributed by atoms with Crippen molar-refractivity contribution in [2.45, 2.75) is 19.1 Å². The van der Waals surface area contributed by atoms with Gasteiger partial charge in [0.1, 0.15) is 19.2 Å². The van der Waals surface area contributed by atoms with Crippen molar-refractivity contribution in [3.63, 3.8) is 0 Å². The van der Waals surface area contributed by atoms with Gasteiger partial charge in [-0.2, -0.15) is 5.10 Å². The molecule has 23 heavy (non-hydrogen) atoms. The number of carbonyl (C=O) groups excluding carboxylic acids is 2. The minimum Gasteiger partial charge on any atom is -0.378 e. The average Bonchev–Trinajstić information content (AvgIpc) is 3.08. The SMILES string of the molecule is CC1(C(=O)N2CCOCC2)CN(C(=O)Cn2cncn2)CCO1. The molecule has 3 rings (SSSR count). The van der Waals surface area contributed by atoms with Crippen LogP contribution in [0.1, 0.15) is 6.92 Å². The lowest BCUT2D eigenvalue weighted by atomic mass is 10.0. The zero-order valence-electron chi connectivity index (χ0n) is 13.2. The van der Waals surface area contributed by atoms with E-state index in [4.69, 9.17) is 9.47 Å². The number of amides is 2. The second-order valence-corrected chi connectivity index (χ2v) is 5.89. The maximum Gasteiger partial charge on any atom is 0.256 e. The largest absolute Gasteiger partial charge is 0.378 e. The quantitative estimate of drug-likeness (QED) is 0.691. The Kier molecular flexibility index (Phi) is 4.58. The van der Waals surface area contributed by atoms with Crippen molar-refractivity contribution in [3.8, 4) is 0 Å². The molecule has 9 heteroatoms. The van der Waals surface area contributed by atoms with Gasteiger partial charge in [0.25, 0.3) is 5.91 Å². The summed E-state index contributed by atoms with van der Waals surface area (Å²) in [7, 11) is 0. The van der Waals surface area contributed by atoms with E-state index >= 15 is 0 Å². The van der Waals surface area contributed by atoms with Gasteiger partial charge in [0.15, 0.2) is 5.60 Å². The molecule has 126 valence electrons. The number of hydrogen-bond acceptors (Lipinski definition) is 6. The number of ether oxygens (including phenoxy) is 2. The second kappa shape index (κ2) is 6.63. The van der Waals surface area contributed by atoms with Gasteiger partial charge >= 0.3 is 0 Å². The van der Waals surface area contributed by atoms with Crippen LogP contribution in [0.4, 0.5) is 0 Å². The molecule has 1 unspecified atom stereocenters. The van der Waals surface area contributed by atoms with Gasteiger partial charge < -0.3 is 19.3 Å². The van der Waals surface area contributed by atoms with Crippen LogP contribution in [0.3, 0.4) is 0 Å². The van der Waals surface area contributed by atoms with E-state index in [1.54, 1.807) is 16.7 Å². The monoisotopic (exact) mass is 323 g/mol. The Morgan fingerprint density at radius 1 is 1.17 bits per heavy atom. The van der Waals surface area contributed by atoms with Crippen molar-refractivity contribution in [1.29, 1.82) is 0 Å². The Hall–Kier alpha value is -2.00. The molecular weight excluding hydrogens is 302 g/mol. The number of nitrogens with zero attached hydrogens (tertiary/aromatic N) is 5. The summed E-state index contributed by atoms with van der Waals surface area (Å²) in [5, 5.41) is 3.93. The molecule has 1 aromatic rings. The molecule has 0 aromatic carbocycles. The zero-order valence-corrected chi connectivity index (χ0v) is 13.2. The molecule has 2 fully saturated rings. The smallest absolute Gasteiger partial charge is 0.256 e. The van der Waals surface area contributed by atoms with Crippen molar-refractivity contribution in [2.75, 3.05) is 46.0 Å². The Morgan fingerprint density at radius 2 is 1.91 bits per heavy atom. The molecule has 2 saturated heterocycles. The first-order valence-electron chi connectivity index (χ1n) is 7.70. The van der Waals surface area contributed by atoms with Crippen LogP contribution in [0.5, 0.6) is 0 Å². The molecule has 0 spiro atoms. The number of carbonyl (C=O) groups is 2. The molecule has 9 nitrogen and oxygen atoms in total.